The highest BCUT2D eigenvalue weighted by molar-refractivity contribution is 6.68. The van der Waals surface area contributed by atoms with Gasteiger partial charge in [0.05, 0.1) is 10.8 Å². The summed E-state index contributed by atoms with van der Waals surface area (Å²) >= 11 is 11.9. The van der Waals surface area contributed by atoms with Gasteiger partial charge in [0.1, 0.15) is 0 Å². The van der Waals surface area contributed by atoms with Crippen molar-refractivity contribution in [1.82, 2.24) is 0 Å². The van der Waals surface area contributed by atoms with E-state index >= 15 is 0 Å². The summed E-state index contributed by atoms with van der Waals surface area (Å²) in [5, 5.41) is -0.670. The molecule has 0 N–H and O–H groups in total. The van der Waals surface area contributed by atoms with Crippen LogP contribution in [-0.2, 0) is 9.59 Å². The van der Waals surface area contributed by atoms with E-state index in [1.165, 1.54) is 0 Å². The van der Waals surface area contributed by atoms with E-state index in [0.29, 0.717) is 0 Å². The maximum atomic E-state index is 12.1. The van der Waals surface area contributed by atoms with Crippen molar-refractivity contribution in [3.63, 3.8) is 0 Å². The van der Waals surface area contributed by atoms with Crippen LogP contribution >= 0.6 is 23.2 Å². The molecule has 2 fully saturated rings. The average molecular weight is 291 g/mol. The highest BCUT2D eigenvalue weighted by atomic mass is 35.5. The first-order chi connectivity index (χ1) is 8.55. The van der Waals surface area contributed by atoms with Crippen LogP contribution in [0.15, 0.2) is 0 Å². The van der Waals surface area contributed by atoms with Gasteiger partial charge in [0.15, 0.2) is 0 Å². The molecule has 0 bridgehead atoms. The smallest absolute Gasteiger partial charge is 0.228 e. The molecule has 0 atom stereocenters. The van der Waals surface area contributed by atoms with E-state index in [1.807, 2.05) is 0 Å². The van der Waals surface area contributed by atoms with Gasteiger partial charge in [-0.2, -0.15) is 0 Å². The van der Waals surface area contributed by atoms with E-state index in [-0.39, 0.29) is 10.5 Å². The van der Waals surface area contributed by atoms with Crippen LogP contribution in [0, 0.1) is 10.8 Å². The number of carbonyl (C=O) groups is 2. The molecule has 0 heterocycles. The molecule has 0 aromatic carbocycles. The summed E-state index contributed by atoms with van der Waals surface area (Å²) in [7, 11) is 0. The lowest BCUT2D eigenvalue weighted by Crippen LogP contribution is -2.52. The summed E-state index contributed by atoms with van der Waals surface area (Å²) in [6.07, 6.45) is 9.07. The lowest BCUT2D eigenvalue weighted by molar-refractivity contribution is -0.147. The molecule has 0 aromatic rings. The van der Waals surface area contributed by atoms with E-state index in [4.69, 9.17) is 23.2 Å². The minimum Gasteiger partial charge on any atom is -0.281 e. The number of rotatable bonds is 3. The van der Waals surface area contributed by atoms with Gasteiger partial charge in [-0.3, -0.25) is 9.59 Å². The first-order valence-corrected chi connectivity index (χ1v) is 7.71. The van der Waals surface area contributed by atoms with E-state index in [9.17, 15) is 9.59 Å². The second-order valence-corrected chi connectivity index (χ2v) is 6.52. The molecule has 0 amide bonds. The van der Waals surface area contributed by atoms with Gasteiger partial charge in [-0.1, -0.05) is 38.5 Å². The third-order valence-electron chi connectivity index (χ3n) is 5.08. The average Bonchev–Trinajstić information content (AvgIpc) is 2.40. The highest BCUT2D eigenvalue weighted by Crippen LogP contribution is 2.58. The van der Waals surface area contributed by atoms with Crippen molar-refractivity contribution in [2.75, 3.05) is 0 Å². The number of halogens is 2. The van der Waals surface area contributed by atoms with E-state index < -0.39 is 10.8 Å². The molecule has 102 valence electrons. The van der Waals surface area contributed by atoms with Crippen molar-refractivity contribution in [2.24, 2.45) is 10.8 Å². The van der Waals surface area contributed by atoms with E-state index in [1.54, 1.807) is 0 Å². The predicted octanol–water partition coefficient (Wildman–Crippen LogP) is 4.42. The van der Waals surface area contributed by atoms with Crippen LogP contribution in [0.5, 0.6) is 0 Å². The fourth-order valence-electron chi connectivity index (χ4n) is 4.04. The fourth-order valence-corrected chi connectivity index (χ4v) is 4.78. The molecule has 0 aliphatic heterocycles. The number of hydrogen-bond acceptors (Lipinski definition) is 2. The Hall–Kier alpha value is -0.0800. The van der Waals surface area contributed by atoms with Gasteiger partial charge < -0.3 is 0 Å². The molecular weight excluding hydrogens is 271 g/mol. The zero-order valence-corrected chi connectivity index (χ0v) is 12.2. The fraction of sp³-hybridized carbons (Fsp3) is 0.857. The standard InChI is InChI=1S/C14H20Cl2O2/c15-11(17)13(7-3-1-4-8-13)14(12(16)18)9-5-2-6-10-14/h1-10H2. The van der Waals surface area contributed by atoms with Crippen LogP contribution in [0.3, 0.4) is 0 Å². The van der Waals surface area contributed by atoms with Gasteiger partial charge >= 0.3 is 0 Å². The molecule has 0 unspecified atom stereocenters. The van der Waals surface area contributed by atoms with E-state index in [2.05, 4.69) is 0 Å². The molecule has 0 aromatic heterocycles. The van der Waals surface area contributed by atoms with Crippen molar-refractivity contribution in [3.8, 4) is 0 Å². The van der Waals surface area contributed by atoms with Crippen LogP contribution in [0.4, 0.5) is 0 Å². The minimum atomic E-state index is -0.688. The highest BCUT2D eigenvalue weighted by Gasteiger charge is 2.59. The van der Waals surface area contributed by atoms with Crippen LogP contribution < -0.4 is 0 Å². The van der Waals surface area contributed by atoms with Crippen molar-refractivity contribution in [3.05, 3.63) is 0 Å². The van der Waals surface area contributed by atoms with Crippen molar-refractivity contribution >= 4 is 33.7 Å². The summed E-state index contributed by atoms with van der Waals surface area (Å²) in [5.74, 6) is 0. The second-order valence-electron chi connectivity index (χ2n) is 5.83. The molecule has 2 rings (SSSR count). The summed E-state index contributed by atoms with van der Waals surface area (Å²) in [4.78, 5) is 24.2. The van der Waals surface area contributed by atoms with Gasteiger partial charge in [0, 0.05) is 0 Å². The van der Waals surface area contributed by atoms with Gasteiger partial charge in [-0.25, -0.2) is 0 Å². The lowest BCUT2D eigenvalue weighted by Gasteiger charge is -2.50. The molecule has 0 radical (unpaired) electrons. The molecular formula is C14H20Cl2O2. The largest absolute Gasteiger partial charge is 0.281 e. The van der Waals surface area contributed by atoms with Crippen molar-refractivity contribution < 1.29 is 9.59 Å². The second kappa shape index (κ2) is 5.50. The van der Waals surface area contributed by atoms with Crippen LogP contribution in [0.2, 0.25) is 0 Å². The quantitative estimate of drug-likeness (QED) is 0.721. The Morgan fingerprint density at radius 2 is 0.889 bits per heavy atom. The molecule has 2 aliphatic carbocycles. The predicted molar refractivity (Wildman–Crippen MR) is 72.8 cm³/mol. The first-order valence-electron chi connectivity index (χ1n) is 6.95. The van der Waals surface area contributed by atoms with Gasteiger partial charge in [0.2, 0.25) is 10.5 Å². The van der Waals surface area contributed by atoms with Crippen molar-refractivity contribution in [2.45, 2.75) is 64.2 Å². The Bertz CT molecular complexity index is 306. The third-order valence-corrected chi connectivity index (χ3v) is 5.81. The van der Waals surface area contributed by atoms with Gasteiger partial charge in [0.25, 0.3) is 0 Å². The molecule has 4 heteroatoms. The monoisotopic (exact) mass is 290 g/mol. The summed E-state index contributed by atoms with van der Waals surface area (Å²) in [6, 6.07) is 0. The topological polar surface area (TPSA) is 34.1 Å². The molecule has 2 aliphatic rings. The van der Waals surface area contributed by atoms with Crippen LogP contribution in [0.25, 0.3) is 0 Å². The zero-order chi connectivity index (χ0) is 13.2. The maximum absolute atomic E-state index is 12.1. The normalized spacial score (nSPS) is 26.6. The molecule has 2 saturated carbocycles. The van der Waals surface area contributed by atoms with Crippen LogP contribution in [-0.4, -0.2) is 10.5 Å². The van der Waals surface area contributed by atoms with E-state index in [0.717, 1.165) is 64.2 Å². The number of carbonyl (C=O) groups excluding carboxylic acids is 2. The van der Waals surface area contributed by atoms with Gasteiger partial charge in [-0.05, 0) is 48.9 Å². The number of hydrogen-bond donors (Lipinski definition) is 0. The first kappa shape index (κ1) is 14.3. The molecule has 0 saturated heterocycles. The Kier molecular flexibility index (Phi) is 4.38. The lowest BCUT2D eigenvalue weighted by atomic mass is 9.53. The zero-order valence-electron chi connectivity index (χ0n) is 10.6. The molecule has 0 spiro atoms. The SMILES string of the molecule is O=C(Cl)C1(C2(C(=O)Cl)CCCCC2)CCCCC1. The summed E-state index contributed by atoms with van der Waals surface area (Å²) < 4.78 is 0. The van der Waals surface area contributed by atoms with Crippen molar-refractivity contribution in [1.29, 1.82) is 0 Å². The Morgan fingerprint density at radius 1 is 0.611 bits per heavy atom. The Morgan fingerprint density at radius 3 is 1.11 bits per heavy atom. The summed E-state index contributed by atoms with van der Waals surface area (Å²) in [5.41, 5.74) is -1.38. The Labute approximate surface area is 118 Å². The Balaban J connectivity index is 2.42. The summed E-state index contributed by atoms with van der Waals surface area (Å²) in [6.45, 7) is 0. The molecule has 2 nitrogen and oxygen atoms in total. The van der Waals surface area contributed by atoms with Crippen LogP contribution in [0.1, 0.15) is 64.2 Å². The minimum absolute atomic E-state index is 0.335. The molecule has 18 heavy (non-hydrogen) atoms. The van der Waals surface area contributed by atoms with Gasteiger partial charge in [-0.15, -0.1) is 0 Å². The maximum Gasteiger partial charge on any atom is 0.228 e. The third kappa shape index (κ3) is 2.12.